The molecule has 0 saturated heterocycles. The predicted octanol–water partition coefficient (Wildman–Crippen LogP) is 4.06. The van der Waals surface area contributed by atoms with Gasteiger partial charge in [-0.05, 0) is 55.1 Å². The highest BCUT2D eigenvalue weighted by molar-refractivity contribution is 5.36. The van der Waals surface area contributed by atoms with E-state index in [0.29, 0.717) is 6.54 Å². The summed E-state index contributed by atoms with van der Waals surface area (Å²) in [6.45, 7) is 1.37. The summed E-state index contributed by atoms with van der Waals surface area (Å²) in [6.07, 6.45) is -0.956. The second kappa shape index (κ2) is 13.1. The van der Waals surface area contributed by atoms with Crippen molar-refractivity contribution in [2.24, 2.45) is 0 Å². The highest BCUT2D eigenvalue weighted by Gasteiger charge is 2.18. The number of methoxy groups -OCH3 is 2. The van der Waals surface area contributed by atoms with Crippen molar-refractivity contribution in [3.05, 3.63) is 95.6 Å². The molecule has 0 bridgehead atoms. The molecule has 0 spiro atoms. The third kappa shape index (κ3) is 7.30. The van der Waals surface area contributed by atoms with Crippen LogP contribution in [0.15, 0.2) is 78.9 Å². The van der Waals surface area contributed by atoms with Crippen molar-refractivity contribution in [1.82, 2.24) is 10.2 Å². The fraction of sp³-hybridized carbons (Fsp3) is 0.357. The first-order valence-corrected chi connectivity index (χ1v) is 11.5. The number of ether oxygens (including phenoxy) is 3. The standard InChI is InChI=1S/C28H36N2O4/c1-30(2)27(21-8-6-5-7-9-21)19-29-18-24(31)20-34-28(22-10-14-25(32-3)15-11-22)23-12-16-26(33-4)17-13-23/h5-17,24,27-29,31H,18-20H2,1-4H3/t24-,27+/m1/s1. The second-order valence-corrected chi connectivity index (χ2v) is 8.46. The van der Waals surface area contributed by atoms with Crippen LogP contribution in [0.2, 0.25) is 0 Å². The lowest BCUT2D eigenvalue weighted by Crippen LogP contribution is -2.36. The predicted molar refractivity (Wildman–Crippen MR) is 136 cm³/mol. The summed E-state index contributed by atoms with van der Waals surface area (Å²) in [5.74, 6) is 1.57. The van der Waals surface area contributed by atoms with Crippen LogP contribution in [-0.4, -0.2) is 64.1 Å². The SMILES string of the molecule is COc1ccc(C(OC[C@H](O)CNC[C@@H](c2ccccc2)N(C)C)c2ccc(OC)cc2)cc1. The minimum atomic E-state index is -0.641. The first kappa shape index (κ1) is 25.7. The monoisotopic (exact) mass is 464 g/mol. The Balaban J connectivity index is 1.61. The van der Waals surface area contributed by atoms with Crippen LogP contribution in [0.25, 0.3) is 0 Å². The van der Waals surface area contributed by atoms with Gasteiger partial charge in [0.05, 0.1) is 26.9 Å². The normalized spacial score (nSPS) is 13.1. The lowest BCUT2D eigenvalue weighted by Gasteiger charge is -2.26. The molecule has 0 fully saturated rings. The van der Waals surface area contributed by atoms with Gasteiger partial charge in [-0.25, -0.2) is 0 Å². The van der Waals surface area contributed by atoms with Crippen LogP contribution in [0.1, 0.15) is 28.8 Å². The third-order valence-electron chi connectivity index (χ3n) is 5.82. The molecule has 0 amide bonds. The molecule has 2 atom stereocenters. The van der Waals surface area contributed by atoms with Crippen LogP contribution in [0, 0.1) is 0 Å². The molecular formula is C28H36N2O4. The number of likely N-dealkylation sites (N-methyl/N-ethyl adjacent to an activating group) is 1. The maximum Gasteiger partial charge on any atom is 0.118 e. The minimum Gasteiger partial charge on any atom is -0.497 e. The topological polar surface area (TPSA) is 63.2 Å². The Morgan fingerprint density at radius 2 is 1.26 bits per heavy atom. The van der Waals surface area contributed by atoms with Gasteiger partial charge in [-0.3, -0.25) is 0 Å². The number of nitrogens with one attached hydrogen (secondary N) is 1. The smallest absolute Gasteiger partial charge is 0.118 e. The van der Waals surface area contributed by atoms with Gasteiger partial charge in [0, 0.05) is 19.1 Å². The van der Waals surface area contributed by atoms with Gasteiger partial charge in [0.2, 0.25) is 0 Å². The molecule has 6 heteroatoms. The van der Waals surface area contributed by atoms with Crippen LogP contribution < -0.4 is 14.8 Å². The van der Waals surface area contributed by atoms with E-state index in [1.54, 1.807) is 14.2 Å². The molecule has 3 aromatic carbocycles. The lowest BCUT2D eigenvalue weighted by atomic mass is 10.0. The number of nitrogens with zero attached hydrogens (tertiary/aromatic N) is 1. The molecule has 0 heterocycles. The van der Waals surface area contributed by atoms with Crippen molar-refractivity contribution >= 4 is 0 Å². The molecule has 0 unspecified atom stereocenters. The van der Waals surface area contributed by atoms with E-state index in [9.17, 15) is 5.11 Å². The van der Waals surface area contributed by atoms with Crippen molar-refractivity contribution in [1.29, 1.82) is 0 Å². The van der Waals surface area contributed by atoms with E-state index in [-0.39, 0.29) is 18.8 Å². The van der Waals surface area contributed by atoms with Crippen molar-refractivity contribution < 1.29 is 19.3 Å². The summed E-state index contributed by atoms with van der Waals surface area (Å²) in [5.41, 5.74) is 3.22. The van der Waals surface area contributed by atoms with Crippen LogP contribution in [0.5, 0.6) is 11.5 Å². The Hall–Kier alpha value is -2.90. The first-order chi connectivity index (χ1) is 16.5. The number of benzene rings is 3. The zero-order chi connectivity index (χ0) is 24.3. The maximum absolute atomic E-state index is 10.6. The van der Waals surface area contributed by atoms with Gasteiger partial charge in [-0.1, -0.05) is 54.6 Å². The van der Waals surface area contributed by atoms with Gasteiger partial charge >= 0.3 is 0 Å². The van der Waals surface area contributed by atoms with E-state index in [1.807, 2.05) is 66.7 Å². The number of hydrogen-bond acceptors (Lipinski definition) is 6. The summed E-state index contributed by atoms with van der Waals surface area (Å²) in [4.78, 5) is 2.18. The van der Waals surface area contributed by atoms with E-state index in [0.717, 1.165) is 29.2 Å². The fourth-order valence-corrected chi connectivity index (χ4v) is 3.87. The fourth-order valence-electron chi connectivity index (χ4n) is 3.87. The molecule has 0 radical (unpaired) electrons. The Bertz CT molecular complexity index is 914. The summed E-state index contributed by atoms with van der Waals surface area (Å²) in [7, 11) is 7.42. The van der Waals surface area contributed by atoms with Gasteiger partial charge in [0.25, 0.3) is 0 Å². The van der Waals surface area contributed by atoms with Gasteiger partial charge in [-0.15, -0.1) is 0 Å². The Labute approximate surface area is 203 Å². The van der Waals surface area contributed by atoms with E-state index in [1.165, 1.54) is 5.56 Å². The maximum atomic E-state index is 10.6. The Morgan fingerprint density at radius 1 is 0.735 bits per heavy atom. The molecule has 3 rings (SSSR count). The highest BCUT2D eigenvalue weighted by Crippen LogP contribution is 2.29. The zero-order valence-corrected chi connectivity index (χ0v) is 20.5. The summed E-state index contributed by atoms with van der Waals surface area (Å²) < 4.78 is 16.8. The van der Waals surface area contributed by atoms with Gasteiger partial charge < -0.3 is 29.5 Å². The van der Waals surface area contributed by atoms with E-state index in [4.69, 9.17) is 14.2 Å². The molecule has 3 aromatic rings. The lowest BCUT2D eigenvalue weighted by molar-refractivity contribution is 0.00615. The minimum absolute atomic E-state index is 0.202. The van der Waals surface area contributed by atoms with Crippen molar-refractivity contribution in [2.45, 2.75) is 18.2 Å². The average Bonchev–Trinajstić information content (AvgIpc) is 2.87. The van der Waals surface area contributed by atoms with Crippen molar-refractivity contribution in [3.8, 4) is 11.5 Å². The number of rotatable bonds is 13. The number of hydrogen-bond donors (Lipinski definition) is 2. The van der Waals surface area contributed by atoms with Crippen LogP contribution in [-0.2, 0) is 4.74 Å². The highest BCUT2D eigenvalue weighted by atomic mass is 16.5. The second-order valence-electron chi connectivity index (χ2n) is 8.46. The van der Waals surface area contributed by atoms with E-state index >= 15 is 0 Å². The largest absolute Gasteiger partial charge is 0.497 e. The number of aliphatic hydroxyl groups excluding tert-OH is 1. The van der Waals surface area contributed by atoms with Crippen LogP contribution >= 0.6 is 0 Å². The molecule has 0 saturated carbocycles. The molecule has 6 nitrogen and oxygen atoms in total. The molecule has 0 aliphatic carbocycles. The average molecular weight is 465 g/mol. The van der Waals surface area contributed by atoms with Crippen molar-refractivity contribution in [2.75, 3.05) is 48.0 Å². The molecular weight excluding hydrogens is 428 g/mol. The van der Waals surface area contributed by atoms with E-state index in [2.05, 4.69) is 36.4 Å². The molecule has 0 aliphatic rings. The van der Waals surface area contributed by atoms with Gasteiger partial charge in [-0.2, -0.15) is 0 Å². The summed E-state index contributed by atoms with van der Waals surface area (Å²) in [6, 6.07) is 26.2. The number of aliphatic hydroxyl groups is 1. The summed E-state index contributed by atoms with van der Waals surface area (Å²) in [5, 5.41) is 14.0. The molecule has 2 N–H and O–H groups in total. The third-order valence-corrected chi connectivity index (χ3v) is 5.82. The molecule has 0 aliphatic heterocycles. The zero-order valence-electron chi connectivity index (χ0n) is 20.5. The van der Waals surface area contributed by atoms with E-state index < -0.39 is 6.10 Å². The van der Waals surface area contributed by atoms with Crippen molar-refractivity contribution in [3.63, 3.8) is 0 Å². The molecule has 34 heavy (non-hydrogen) atoms. The van der Waals surface area contributed by atoms with Gasteiger partial charge in [0.1, 0.15) is 17.6 Å². The Morgan fingerprint density at radius 3 is 1.74 bits per heavy atom. The van der Waals surface area contributed by atoms with Gasteiger partial charge in [0.15, 0.2) is 0 Å². The van der Waals surface area contributed by atoms with Crippen LogP contribution in [0.3, 0.4) is 0 Å². The quantitative estimate of drug-likeness (QED) is 0.398. The molecule has 182 valence electrons. The Kier molecular flexibility index (Phi) is 9.91. The molecule has 0 aromatic heterocycles. The summed E-state index contributed by atoms with van der Waals surface area (Å²) >= 11 is 0. The van der Waals surface area contributed by atoms with Crippen LogP contribution in [0.4, 0.5) is 0 Å². The first-order valence-electron chi connectivity index (χ1n) is 11.5.